The van der Waals surface area contributed by atoms with Gasteiger partial charge in [0.2, 0.25) is 0 Å². The molecule has 1 rings (SSSR count). The van der Waals surface area contributed by atoms with Crippen LogP contribution in [-0.4, -0.2) is 25.9 Å². The van der Waals surface area contributed by atoms with Gasteiger partial charge in [-0.25, -0.2) is 0 Å². The van der Waals surface area contributed by atoms with Crippen LogP contribution in [0.25, 0.3) is 0 Å². The van der Waals surface area contributed by atoms with Crippen molar-refractivity contribution in [3.05, 3.63) is 18.2 Å². The molecule has 19 heavy (non-hydrogen) atoms. The number of hydrogen-bond donors (Lipinski definition) is 2. The van der Waals surface area contributed by atoms with E-state index in [9.17, 15) is 0 Å². The van der Waals surface area contributed by atoms with Crippen LogP contribution in [0.3, 0.4) is 0 Å². The fourth-order valence-corrected chi connectivity index (χ4v) is 1.75. The number of anilines is 1. The molecule has 0 heterocycles. The highest BCUT2D eigenvalue weighted by Gasteiger charge is 2.06. The lowest BCUT2D eigenvalue weighted by Crippen LogP contribution is -2.30. The third-order valence-electron chi connectivity index (χ3n) is 2.66. The molecule has 0 spiro atoms. The van der Waals surface area contributed by atoms with Gasteiger partial charge in [0.1, 0.15) is 11.5 Å². The molecule has 5 heteroatoms. The Morgan fingerprint density at radius 2 is 2.00 bits per heavy atom. The quantitative estimate of drug-likeness (QED) is 0.785. The molecule has 0 atom stereocenters. The summed E-state index contributed by atoms with van der Waals surface area (Å²) in [6.07, 6.45) is 1.08. The molecule has 0 saturated heterocycles. The Bertz CT molecular complexity index is 422. The van der Waals surface area contributed by atoms with Gasteiger partial charge in [0.15, 0.2) is 5.11 Å². The van der Waals surface area contributed by atoms with E-state index in [1.165, 1.54) is 0 Å². The van der Waals surface area contributed by atoms with E-state index in [0.29, 0.717) is 16.8 Å². The molecule has 0 aromatic heterocycles. The van der Waals surface area contributed by atoms with Gasteiger partial charge in [-0.1, -0.05) is 13.8 Å². The van der Waals surface area contributed by atoms with Gasteiger partial charge in [0, 0.05) is 12.6 Å². The van der Waals surface area contributed by atoms with Crippen LogP contribution < -0.4 is 20.1 Å². The van der Waals surface area contributed by atoms with Crippen LogP contribution >= 0.6 is 12.2 Å². The van der Waals surface area contributed by atoms with Crippen LogP contribution in [0.2, 0.25) is 0 Å². The lowest BCUT2D eigenvalue weighted by atomic mass is 10.1. The molecule has 4 nitrogen and oxygen atoms in total. The summed E-state index contributed by atoms with van der Waals surface area (Å²) in [5, 5.41) is 6.90. The van der Waals surface area contributed by atoms with Crippen molar-refractivity contribution in [3.8, 4) is 11.5 Å². The molecule has 0 fully saturated rings. The van der Waals surface area contributed by atoms with Gasteiger partial charge in [0.25, 0.3) is 0 Å². The molecule has 0 aliphatic heterocycles. The topological polar surface area (TPSA) is 42.5 Å². The molecule has 1 aromatic carbocycles. The van der Waals surface area contributed by atoms with E-state index in [1.807, 2.05) is 18.2 Å². The van der Waals surface area contributed by atoms with Gasteiger partial charge in [-0.3, -0.25) is 0 Å². The molecule has 1 aromatic rings. The van der Waals surface area contributed by atoms with Crippen molar-refractivity contribution in [2.75, 3.05) is 26.1 Å². The molecule has 0 bridgehead atoms. The van der Waals surface area contributed by atoms with E-state index in [2.05, 4.69) is 24.5 Å². The highest BCUT2D eigenvalue weighted by Crippen LogP contribution is 2.28. The molecule has 2 N–H and O–H groups in total. The molecule has 0 aliphatic carbocycles. The summed E-state index contributed by atoms with van der Waals surface area (Å²) in [7, 11) is 3.25. The van der Waals surface area contributed by atoms with E-state index in [1.54, 1.807) is 14.2 Å². The van der Waals surface area contributed by atoms with Crippen molar-refractivity contribution in [1.29, 1.82) is 0 Å². The third kappa shape index (κ3) is 5.34. The van der Waals surface area contributed by atoms with Crippen molar-refractivity contribution in [2.45, 2.75) is 20.3 Å². The predicted octanol–water partition coefficient (Wildman–Crippen LogP) is 3.04. The normalized spacial score (nSPS) is 10.2. The van der Waals surface area contributed by atoms with Crippen LogP contribution in [0.15, 0.2) is 18.2 Å². The standard InChI is InChI=1S/C14H22N2O2S/c1-10(2)7-8-15-14(19)16-12-6-5-11(17-3)9-13(12)18-4/h5-6,9-10H,7-8H2,1-4H3,(H2,15,16,19). The van der Waals surface area contributed by atoms with Gasteiger partial charge >= 0.3 is 0 Å². The fraction of sp³-hybridized carbons (Fsp3) is 0.500. The Morgan fingerprint density at radius 3 is 2.58 bits per heavy atom. The van der Waals surface area contributed by atoms with Crippen molar-refractivity contribution in [1.82, 2.24) is 5.32 Å². The van der Waals surface area contributed by atoms with Gasteiger partial charge < -0.3 is 20.1 Å². The lowest BCUT2D eigenvalue weighted by molar-refractivity contribution is 0.395. The molecule has 106 valence electrons. The smallest absolute Gasteiger partial charge is 0.170 e. The minimum absolute atomic E-state index is 0.601. The Labute approximate surface area is 120 Å². The minimum atomic E-state index is 0.601. The molecular weight excluding hydrogens is 260 g/mol. The Balaban J connectivity index is 2.58. The maximum atomic E-state index is 5.30. The van der Waals surface area contributed by atoms with Crippen LogP contribution in [0.5, 0.6) is 11.5 Å². The third-order valence-corrected chi connectivity index (χ3v) is 2.91. The van der Waals surface area contributed by atoms with Crippen molar-refractivity contribution in [3.63, 3.8) is 0 Å². The second-order valence-electron chi connectivity index (χ2n) is 4.63. The first kappa shape index (κ1) is 15.6. The number of rotatable bonds is 6. The van der Waals surface area contributed by atoms with Gasteiger partial charge in [-0.2, -0.15) is 0 Å². The summed E-state index contributed by atoms with van der Waals surface area (Å²) < 4.78 is 10.5. The van der Waals surface area contributed by atoms with Crippen LogP contribution in [0, 0.1) is 5.92 Å². The number of benzene rings is 1. The van der Waals surface area contributed by atoms with E-state index in [-0.39, 0.29) is 0 Å². The molecule has 0 saturated carbocycles. The molecule has 0 radical (unpaired) electrons. The van der Waals surface area contributed by atoms with Gasteiger partial charge in [-0.15, -0.1) is 0 Å². The largest absolute Gasteiger partial charge is 0.497 e. The SMILES string of the molecule is COc1ccc(NC(=S)NCCC(C)C)c(OC)c1. The van der Waals surface area contributed by atoms with Gasteiger partial charge in [-0.05, 0) is 36.7 Å². The number of nitrogens with one attached hydrogen (secondary N) is 2. The predicted molar refractivity (Wildman–Crippen MR) is 83.2 cm³/mol. The van der Waals surface area contributed by atoms with Crippen LogP contribution in [0.1, 0.15) is 20.3 Å². The molecule has 0 unspecified atom stereocenters. The average molecular weight is 282 g/mol. The monoisotopic (exact) mass is 282 g/mol. The summed E-state index contributed by atoms with van der Waals surface area (Å²) in [5.74, 6) is 2.11. The van der Waals surface area contributed by atoms with Crippen molar-refractivity contribution >= 4 is 23.0 Å². The Morgan fingerprint density at radius 1 is 1.26 bits per heavy atom. The highest BCUT2D eigenvalue weighted by molar-refractivity contribution is 7.80. The first-order valence-electron chi connectivity index (χ1n) is 6.33. The van der Waals surface area contributed by atoms with Crippen LogP contribution in [0.4, 0.5) is 5.69 Å². The second-order valence-corrected chi connectivity index (χ2v) is 5.04. The highest BCUT2D eigenvalue weighted by atomic mass is 32.1. The van der Waals surface area contributed by atoms with Gasteiger partial charge in [0.05, 0.1) is 19.9 Å². The number of thiocarbonyl (C=S) groups is 1. The maximum Gasteiger partial charge on any atom is 0.170 e. The summed E-state index contributed by atoms with van der Waals surface area (Å²) in [4.78, 5) is 0. The molecular formula is C14H22N2O2S. The maximum absolute atomic E-state index is 5.30. The molecule has 0 aliphatic rings. The summed E-state index contributed by atoms with van der Waals surface area (Å²) >= 11 is 5.25. The zero-order valence-electron chi connectivity index (χ0n) is 11.9. The fourth-order valence-electron chi connectivity index (χ4n) is 1.54. The summed E-state index contributed by atoms with van der Waals surface area (Å²) in [6, 6.07) is 5.56. The zero-order valence-corrected chi connectivity index (χ0v) is 12.8. The number of ether oxygens (including phenoxy) is 2. The molecule has 0 amide bonds. The Hall–Kier alpha value is -1.49. The van der Waals surface area contributed by atoms with E-state index >= 15 is 0 Å². The first-order chi connectivity index (χ1) is 9.06. The zero-order chi connectivity index (χ0) is 14.3. The van der Waals surface area contributed by atoms with E-state index in [0.717, 1.165) is 24.4 Å². The summed E-state index contributed by atoms with van der Waals surface area (Å²) in [6.45, 7) is 5.23. The minimum Gasteiger partial charge on any atom is -0.497 e. The average Bonchev–Trinajstić information content (AvgIpc) is 2.38. The Kier molecular flexibility index (Phi) is 6.42. The lowest BCUT2D eigenvalue weighted by Gasteiger charge is -2.14. The van der Waals surface area contributed by atoms with E-state index < -0.39 is 0 Å². The number of methoxy groups -OCH3 is 2. The van der Waals surface area contributed by atoms with E-state index in [4.69, 9.17) is 21.7 Å². The van der Waals surface area contributed by atoms with Crippen molar-refractivity contribution < 1.29 is 9.47 Å². The van der Waals surface area contributed by atoms with Crippen LogP contribution in [-0.2, 0) is 0 Å². The first-order valence-corrected chi connectivity index (χ1v) is 6.74. The summed E-state index contributed by atoms with van der Waals surface area (Å²) in [5.41, 5.74) is 0.824. The van der Waals surface area contributed by atoms with Crippen molar-refractivity contribution in [2.24, 2.45) is 5.92 Å². The number of hydrogen-bond acceptors (Lipinski definition) is 3. The second kappa shape index (κ2) is 7.84.